The summed E-state index contributed by atoms with van der Waals surface area (Å²) >= 11 is 0. The van der Waals surface area contributed by atoms with E-state index in [9.17, 15) is 0 Å². The van der Waals surface area contributed by atoms with Gasteiger partial charge in [-0.3, -0.25) is 4.90 Å². The van der Waals surface area contributed by atoms with Crippen LogP contribution in [-0.2, 0) is 16.0 Å². The Bertz CT molecular complexity index is 920. The summed E-state index contributed by atoms with van der Waals surface area (Å²) in [6.07, 6.45) is 2.18. The fourth-order valence-electron chi connectivity index (χ4n) is 3.46. The Morgan fingerprint density at radius 2 is 1.53 bits per heavy atom. The summed E-state index contributed by atoms with van der Waals surface area (Å²) in [5.74, 6) is -2.54. The molecule has 0 unspecified atom stereocenters. The van der Waals surface area contributed by atoms with Crippen LogP contribution in [0.5, 0.6) is 0 Å². The highest BCUT2D eigenvalue weighted by molar-refractivity contribution is 6.27. The lowest BCUT2D eigenvalue weighted by Crippen LogP contribution is -2.46. The maximum atomic E-state index is 9.10. The molecule has 0 amide bonds. The third kappa shape index (κ3) is 6.05. The number of para-hydroxylation sites is 3. The smallest absolute Gasteiger partial charge is 0.414 e. The minimum Gasteiger partial charge on any atom is -0.473 e. The molecule has 158 valence electrons. The second kappa shape index (κ2) is 10.4. The van der Waals surface area contributed by atoms with Gasteiger partial charge in [0.15, 0.2) is 0 Å². The first kappa shape index (κ1) is 21.3. The molecule has 3 aromatic rings. The van der Waals surface area contributed by atoms with Crippen molar-refractivity contribution in [2.75, 3.05) is 37.6 Å². The molecule has 8 heteroatoms. The zero-order valence-electron chi connectivity index (χ0n) is 16.7. The van der Waals surface area contributed by atoms with Crippen LogP contribution in [-0.4, -0.2) is 69.7 Å². The van der Waals surface area contributed by atoms with Crippen LogP contribution in [0.3, 0.4) is 0 Å². The second-order valence-corrected chi connectivity index (χ2v) is 7.08. The van der Waals surface area contributed by atoms with Crippen molar-refractivity contribution in [3.8, 4) is 0 Å². The molecule has 30 heavy (non-hydrogen) atoms. The fourth-order valence-corrected chi connectivity index (χ4v) is 3.46. The summed E-state index contributed by atoms with van der Waals surface area (Å²) in [6, 6.07) is 19.0. The second-order valence-electron chi connectivity index (χ2n) is 7.08. The van der Waals surface area contributed by atoms with Crippen LogP contribution in [0.2, 0.25) is 0 Å². The highest BCUT2D eigenvalue weighted by atomic mass is 16.4. The van der Waals surface area contributed by atoms with E-state index in [1.807, 2.05) is 6.07 Å². The first-order chi connectivity index (χ1) is 14.5. The largest absolute Gasteiger partial charge is 0.473 e. The first-order valence-electron chi connectivity index (χ1n) is 9.95. The van der Waals surface area contributed by atoms with Gasteiger partial charge in [-0.1, -0.05) is 30.3 Å². The van der Waals surface area contributed by atoms with E-state index < -0.39 is 11.9 Å². The van der Waals surface area contributed by atoms with E-state index >= 15 is 0 Å². The molecule has 2 aromatic carbocycles. The van der Waals surface area contributed by atoms with Gasteiger partial charge in [-0.2, -0.15) is 0 Å². The Kier molecular flexibility index (Phi) is 7.40. The minimum atomic E-state index is -1.82. The molecule has 0 spiro atoms. The number of nitrogens with one attached hydrogen (secondary N) is 1. The Labute approximate surface area is 174 Å². The molecule has 1 fully saturated rings. The summed E-state index contributed by atoms with van der Waals surface area (Å²) in [4.78, 5) is 31.3. The van der Waals surface area contributed by atoms with Crippen molar-refractivity contribution in [2.45, 2.75) is 12.8 Å². The predicted octanol–water partition coefficient (Wildman–Crippen LogP) is 2.47. The summed E-state index contributed by atoms with van der Waals surface area (Å²) < 4.78 is 0. The lowest BCUT2D eigenvalue weighted by atomic mass is 10.2. The van der Waals surface area contributed by atoms with Crippen LogP contribution in [0.4, 0.5) is 5.69 Å². The lowest BCUT2D eigenvalue weighted by molar-refractivity contribution is -0.159. The van der Waals surface area contributed by atoms with E-state index in [-0.39, 0.29) is 0 Å². The van der Waals surface area contributed by atoms with Gasteiger partial charge >= 0.3 is 11.9 Å². The number of hydrogen-bond acceptors (Lipinski definition) is 5. The lowest BCUT2D eigenvalue weighted by Gasteiger charge is -2.36. The number of aryl methyl sites for hydroxylation is 1. The summed E-state index contributed by atoms with van der Waals surface area (Å²) in [5, 5.41) is 14.8. The number of H-pyrrole nitrogens is 1. The number of nitrogens with zero attached hydrogens (tertiary/aromatic N) is 3. The van der Waals surface area contributed by atoms with Crippen LogP contribution >= 0.6 is 0 Å². The molecule has 4 rings (SSSR count). The molecule has 0 aliphatic carbocycles. The minimum absolute atomic E-state index is 1.02. The van der Waals surface area contributed by atoms with Crippen LogP contribution in [0.15, 0.2) is 54.6 Å². The number of fused-ring (bicyclic) bond motifs is 1. The van der Waals surface area contributed by atoms with E-state index in [1.165, 1.54) is 5.69 Å². The topological polar surface area (TPSA) is 110 Å². The average Bonchev–Trinajstić information content (AvgIpc) is 3.18. The number of carbonyl (C=O) groups is 2. The Hall–Kier alpha value is -3.39. The van der Waals surface area contributed by atoms with Gasteiger partial charge in [0.1, 0.15) is 5.82 Å². The number of anilines is 1. The highest BCUT2D eigenvalue weighted by Crippen LogP contribution is 2.16. The van der Waals surface area contributed by atoms with Crippen molar-refractivity contribution in [1.29, 1.82) is 0 Å². The van der Waals surface area contributed by atoms with Gasteiger partial charge in [-0.05, 0) is 37.2 Å². The normalized spacial score (nSPS) is 14.2. The molecule has 8 nitrogen and oxygen atoms in total. The zero-order valence-corrected chi connectivity index (χ0v) is 16.7. The average molecular weight is 410 g/mol. The van der Waals surface area contributed by atoms with Crippen LogP contribution in [0, 0.1) is 0 Å². The summed E-state index contributed by atoms with van der Waals surface area (Å²) in [6.45, 7) is 5.69. The Morgan fingerprint density at radius 1 is 0.900 bits per heavy atom. The Morgan fingerprint density at radius 3 is 2.17 bits per heavy atom. The molecule has 0 radical (unpaired) electrons. The molecule has 0 atom stereocenters. The molecular weight excluding hydrogens is 384 g/mol. The number of aromatic nitrogens is 2. The maximum absolute atomic E-state index is 9.10. The van der Waals surface area contributed by atoms with E-state index in [2.05, 4.69) is 68.3 Å². The van der Waals surface area contributed by atoms with E-state index in [0.717, 1.165) is 62.4 Å². The van der Waals surface area contributed by atoms with Crippen LogP contribution in [0.25, 0.3) is 11.0 Å². The SMILES string of the molecule is O=C(O)C(=O)O.c1ccc(N2CCN(CCCc3nc4ccccc4[nH]3)CC2)cc1. The Balaban J connectivity index is 0.000000377. The third-order valence-electron chi connectivity index (χ3n) is 5.00. The predicted molar refractivity (Wildman–Crippen MR) is 115 cm³/mol. The molecule has 1 aliphatic heterocycles. The van der Waals surface area contributed by atoms with Gasteiger partial charge in [-0.25, -0.2) is 14.6 Å². The van der Waals surface area contributed by atoms with Gasteiger partial charge in [0.25, 0.3) is 0 Å². The molecule has 3 N–H and O–H groups in total. The zero-order chi connectivity index (χ0) is 21.3. The van der Waals surface area contributed by atoms with Crippen molar-refractivity contribution in [1.82, 2.24) is 14.9 Å². The van der Waals surface area contributed by atoms with Crippen molar-refractivity contribution >= 4 is 28.7 Å². The quantitative estimate of drug-likeness (QED) is 0.554. The van der Waals surface area contributed by atoms with Gasteiger partial charge in [0, 0.05) is 38.3 Å². The number of benzene rings is 2. The van der Waals surface area contributed by atoms with Crippen LogP contribution in [0.1, 0.15) is 12.2 Å². The standard InChI is InChI=1S/C20H24N4.C2H2O4/c1-2-7-17(8-3-1)24-15-13-23(14-16-24)12-6-11-20-21-18-9-4-5-10-19(18)22-20;3-1(4)2(5)6/h1-5,7-10H,6,11-16H2,(H,21,22);(H,3,4)(H,5,6). The van der Waals surface area contributed by atoms with E-state index in [0.29, 0.717) is 0 Å². The molecule has 1 aliphatic rings. The molecule has 1 aromatic heterocycles. The number of aromatic amines is 1. The maximum Gasteiger partial charge on any atom is 0.414 e. The van der Waals surface area contributed by atoms with E-state index in [1.54, 1.807) is 0 Å². The number of piperazine rings is 1. The number of rotatable bonds is 5. The van der Waals surface area contributed by atoms with Crippen molar-refractivity contribution < 1.29 is 19.8 Å². The molecule has 0 saturated carbocycles. The van der Waals surface area contributed by atoms with Crippen molar-refractivity contribution in [3.05, 3.63) is 60.4 Å². The monoisotopic (exact) mass is 410 g/mol. The first-order valence-corrected chi connectivity index (χ1v) is 9.95. The highest BCUT2D eigenvalue weighted by Gasteiger charge is 2.16. The van der Waals surface area contributed by atoms with Crippen molar-refractivity contribution in [3.63, 3.8) is 0 Å². The number of carboxylic acid groups (broad SMARTS) is 2. The number of carboxylic acids is 2. The number of hydrogen-bond donors (Lipinski definition) is 3. The van der Waals surface area contributed by atoms with Gasteiger partial charge < -0.3 is 20.1 Å². The molecule has 2 heterocycles. The third-order valence-corrected chi connectivity index (χ3v) is 5.00. The number of aliphatic carboxylic acids is 2. The molecule has 0 bridgehead atoms. The summed E-state index contributed by atoms with van der Waals surface area (Å²) in [7, 11) is 0. The molecular formula is C22H26N4O4. The van der Waals surface area contributed by atoms with Gasteiger partial charge in [0.05, 0.1) is 11.0 Å². The summed E-state index contributed by atoms with van der Waals surface area (Å²) in [5.41, 5.74) is 3.56. The van der Waals surface area contributed by atoms with Gasteiger partial charge in [0.2, 0.25) is 0 Å². The fraction of sp³-hybridized carbons (Fsp3) is 0.318. The van der Waals surface area contributed by atoms with Crippen molar-refractivity contribution in [2.24, 2.45) is 0 Å². The van der Waals surface area contributed by atoms with Gasteiger partial charge in [-0.15, -0.1) is 0 Å². The number of imidazole rings is 1. The van der Waals surface area contributed by atoms with E-state index in [4.69, 9.17) is 19.8 Å². The van der Waals surface area contributed by atoms with Crippen LogP contribution < -0.4 is 4.90 Å². The molecule has 1 saturated heterocycles.